The Labute approximate surface area is 138 Å². The molecule has 0 amide bonds. The number of allylic oxidation sites excluding steroid dienone is 5. The van der Waals surface area contributed by atoms with Crippen molar-refractivity contribution in [1.29, 1.82) is 0 Å². The average Bonchev–Trinajstić information content (AvgIpc) is 2.79. The number of hydrogen-bond acceptors (Lipinski definition) is 2. The SMILES string of the molecule is C=CC[C@]1(O)CCC2C3CCC4=CC(=O)CCC4=C3C=C[C@@]21C. The van der Waals surface area contributed by atoms with E-state index in [9.17, 15) is 9.90 Å². The number of ketones is 1. The maximum absolute atomic E-state index is 11.7. The molecule has 1 fully saturated rings. The fourth-order valence-electron chi connectivity index (χ4n) is 5.68. The second-order valence-electron chi connectivity index (χ2n) is 8.00. The van der Waals surface area contributed by atoms with Gasteiger partial charge in [0.1, 0.15) is 0 Å². The van der Waals surface area contributed by atoms with E-state index in [2.05, 4.69) is 25.7 Å². The van der Waals surface area contributed by atoms with Gasteiger partial charge in [-0.3, -0.25) is 4.79 Å². The number of carbonyl (C=O) groups excluding carboxylic acids is 1. The highest BCUT2D eigenvalue weighted by Gasteiger charge is 2.58. The van der Waals surface area contributed by atoms with E-state index in [1.165, 1.54) is 16.7 Å². The molecular formula is C21H26O2. The molecular weight excluding hydrogens is 284 g/mol. The van der Waals surface area contributed by atoms with Crippen LogP contribution in [0.5, 0.6) is 0 Å². The van der Waals surface area contributed by atoms with E-state index in [1.807, 2.05) is 12.2 Å². The molecule has 0 aromatic carbocycles. The first kappa shape index (κ1) is 15.1. The summed E-state index contributed by atoms with van der Waals surface area (Å²) in [5.41, 5.74) is 3.37. The molecule has 122 valence electrons. The van der Waals surface area contributed by atoms with Crippen LogP contribution in [0.1, 0.15) is 51.9 Å². The number of rotatable bonds is 2. The largest absolute Gasteiger partial charge is 0.389 e. The number of carbonyl (C=O) groups is 1. The quantitative estimate of drug-likeness (QED) is 0.773. The van der Waals surface area contributed by atoms with E-state index in [0.29, 0.717) is 24.7 Å². The molecule has 0 spiro atoms. The molecule has 2 heteroatoms. The molecule has 2 unspecified atom stereocenters. The predicted molar refractivity (Wildman–Crippen MR) is 91.8 cm³/mol. The van der Waals surface area contributed by atoms with Gasteiger partial charge in [0.2, 0.25) is 0 Å². The molecule has 0 bridgehead atoms. The number of fused-ring (bicyclic) bond motifs is 4. The molecule has 4 rings (SSSR count). The van der Waals surface area contributed by atoms with Crippen molar-refractivity contribution in [2.45, 2.75) is 57.5 Å². The number of aliphatic hydroxyl groups is 1. The molecule has 4 atom stereocenters. The van der Waals surface area contributed by atoms with E-state index in [-0.39, 0.29) is 11.2 Å². The lowest BCUT2D eigenvalue weighted by molar-refractivity contribution is -0.114. The first-order chi connectivity index (χ1) is 11.0. The Morgan fingerprint density at radius 3 is 2.96 bits per heavy atom. The lowest BCUT2D eigenvalue weighted by Gasteiger charge is -2.48. The third-order valence-electron chi connectivity index (χ3n) is 7.04. The van der Waals surface area contributed by atoms with Crippen LogP contribution in [0.3, 0.4) is 0 Å². The molecule has 0 aromatic rings. The molecule has 4 aliphatic rings. The van der Waals surface area contributed by atoms with E-state index in [0.717, 1.165) is 32.1 Å². The van der Waals surface area contributed by atoms with Crippen molar-refractivity contribution < 1.29 is 9.90 Å². The molecule has 1 N–H and O–H groups in total. The monoisotopic (exact) mass is 310 g/mol. The van der Waals surface area contributed by atoms with E-state index < -0.39 is 5.60 Å². The van der Waals surface area contributed by atoms with Crippen molar-refractivity contribution in [2.24, 2.45) is 17.3 Å². The second kappa shape index (κ2) is 5.04. The summed E-state index contributed by atoms with van der Waals surface area (Å²) in [4.78, 5) is 11.7. The Hall–Kier alpha value is -1.41. The molecule has 1 saturated carbocycles. The minimum Gasteiger partial charge on any atom is -0.389 e. The minimum atomic E-state index is -0.648. The Bertz CT molecular complexity index is 665. The number of hydrogen-bond donors (Lipinski definition) is 1. The van der Waals surface area contributed by atoms with Gasteiger partial charge in [0.25, 0.3) is 0 Å². The highest BCUT2D eigenvalue weighted by atomic mass is 16.3. The first-order valence-electron chi connectivity index (χ1n) is 8.98. The Balaban J connectivity index is 1.79. The molecule has 0 heterocycles. The Morgan fingerprint density at radius 1 is 1.35 bits per heavy atom. The van der Waals surface area contributed by atoms with Crippen LogP contribution in [0.4, 0.5) is 0 Å². The third kappa shape index (κ3) is 2.00. The van der Waals surface area contributed by atoms with Crippen molar-refractivity contribution in [2.75, 3.05) is 0 Å². The van der Waals surface area contributed by atoms with Crippen LogP contribution >= 0.6 is 0 Å². The molecule has 2 nitrogen and oxygen atoms in total. The molecule has 4 aliphatic carbocycles. The maximum atomic E-state index is 11.7. The lowest BCUT2D eigenvalue weighted by atomic mass is 9.58. The maximum Gasteiger partial charge on any atom is 0.156 e. The van der Waals surface area contributed by atoms with Gasteiger partial charge < -0.3 is 5.11 Å². The topological polar surface area (TPSA) is 37.3 Å². The van der Waals surface area contributed by atoms with Gasteiger partial charge in [0, 0.05) is 11.8 Å². The van der Waals surface area contributed by atoms with Gasteiger partial charge in [-0.05, 0) is 73.2 Å². The van der Waals surface area contributed by atoms with Crippen LogP contribution in [0.15, 0.2) is 47.6 Å². The van der Waals surface area contributed by atoms with Gasteiger partial charge in [-0.1, -0.05) is 25.2 Å². The summed E-state index contributed by atoms with van der Waals surface area (Å²) in [6.45, 7) is 6.09. The third-order valence-corrected chi connectivity index (χ3v) is 7.04. The average molecular weight is 310 g/mol. The van der Waals surface area contributed by atoms with E-state index in [1.54, 1.807) is 0 Å². The van der Waals surface area contributed by atoms with E-state index in [4.69, 9.17) is 0 Å². The van der Waals surface area contributed by atoms with Gasteiger partial charge in [-0.15, -0.1) is 6.58 Å². The smallest absolute Gasteiger partial charge is 0.156 e. The van der Waals surface area contributed by atoms with Gasteiger partial charge in [-0.2, -0.15) is 0 Å². The van der Waals surface area contributed by atoms with Crippen molar-refractivity contribution in [3.05, 3.63) is 47.6 Å². The second-order valence-corrected chi connectivity index (χ2v) is 8.00. The minimum absolute atomic E-state index is 0.151. The first-order valence-corrected chi connectivity index (χ1v) is 8.98. The predicted octanol–water partition coefficient (Wildman–Crippen LogP) is 4.28. The normalized spacial score (nSPS) is 42.0. The zero-order chi connectivity index (χ0) is 16.2. The van der Waals surface area contributed by atoms with Crippen molar-refractivity contribution in [3.63, 3.8) is 0 Å². The van der Waals surface area contributed by atoms with Gasteiger partial charge in [0.05, 0.1) is 5.60 Å². The van der Waals surface area contributed by atoms with Crippen LogP contribution in [0.25, 0.3) is 0 Å². The zero-order valence-electron chi connectivity index (χ0n) is 14.0. The van der Waals surface area contributed by atoms with Crippen LogP contribution in [0.2, 0.25) is 0 Å². The van der Waals surface area contributed by atoms with Gasteiger partial charge in [-0.25, -0.2) is 0 Å². The standard InChI is InChI=1S/C21H26O2/c1-3-10-21(23)12-9-19-18-6-4-14-13-15(22)5-7-16(14)17(18)8-11-20(19,21)2/h3,8,11,13,18-19,23H,1,4-7,9-10,12H2,2H3/t18?,19?,20-,21-/m0/s1. The Kier molecular flexibility index (Phi) is 3.32. The summed E-state index contributed by atoms with van der Waals surface area (Å²) in [6, 6.07) is 0. The summed E-state index contributed by atoms with van der Waals surface area (Å²) in [7, 11) is 0. The molecule has 23 heavy (non-hydrogen) atoms. The summed E-state index contributed by atoms with van der Waals surface area (Å²) < 4.78 is 0. The molecule has 0 saturated heterocycles. The highest BCUT2D eigenvalue weighted by Crippen LogP contribution is 2.61. The summed E-state index contributed by atoms with van der Waals surface area (Å²) in [5.74, 6) is 1.34. The fraction of sp³-hybridized carbons (Fsp3) is 0.571. The van der Waals surface area contributed by atoms with Gasteiger partial charge in [0.15, 0.2) is 5.78 Å². The molecule has 0 aliphatic heterocycles. The van der Waals surface area contributed by atoms with Crippen LogP contribution in [0, 0.1) is 17.3 Å². The zero-order valence-corrected chi connectivity index (χ0v) is 14.0. The van der Waals surface area contributed by atoms with Crippen LogP contribution < -0.4 is 0 Å². The lowest BCUT2D eigenvalue weighted by Crippen LogP contribution is -2.47. The van der Waals surface area contributed by atoms with E-state index >= 15 is 0 Å². The highest BCUT2D eigenvalue weighted by molar-refractivity contribution is 5.93. The van der Waals surface area contributed by atoms with Crippen LogP contribution in [-0.2, 0) is 4.79 Å². The molecule has 0 aromatic heterocycles. The molecule has 0 radical (unpaired) electrons. The summed E-state index contributed by atoms with van der Waals surface area (Å²) in [5, 5.41) is 11.2. The van der Waals surface area contributed by atoms with Crippen molar-refractivity contribution >= 4 is 5.78 Å². The van der Waals surface area contributed by atoms with Crippen LogP contribution in [-0.4, -0.2) is 16.5 Å². The Morgan fingerprint density at radius 2 is 2.17 bits per heavy atom. The van der Waals surface area contributed by atoms with Gasteiger partial charge >= 0.3 is 0 Å². The van der Waals surface area contributed by atoms with Crippen molar-refractivity contribution in [1.82, 2.24) is 0 Å². The fourth-order valence-corrected chi connectivity index (χ4v) is 5.68. The summed E-state index contributed by atoms with van der Waals surface area (Å²) in [6.07, 6.45) is 14.6. The summed E-state index contributed by atoms with van der Waals surface area (Å²) >= 11 is 0. The van der Waals surface area contributed by atoms with Crippen molar-refractivity contribution in [3.8, 4) is 0 Å².